The Morgan fingerprint density at radius 2 is 1.91 bits per heavy atom. The summed E-state index contributed by atoms with van der Waals surface area (Å²) < 4.78 is 11.6. The van der Waals surface area contributed by atoms with Crippen LogP contribution in [0.3, 0.4) is 0 Å². The first-order valence-electron chi connectivity index (χ1n) is 8.27. The zero-order valence-electron chi connectivity index (χ0n) is 14.5. The van der Waals surface area contributed by atoms with Gasteiger partial charge in [0.2, 0.25) is 5.91 Å². The van der Waals surface area contributed by atoms with Gasteiger partial charge < -0.3 is 19.3 Å². The first kappa shape index (κ1) is 16.3. The number of ether oxygens (including phenoxy) is 2. The second kappa shape index (κ2) is 5.51. The summed E-state index contributed by atoms with van der Waals surface area (Å²) in [4.78, 5) is 27.7. The van der Waals surface area contributed by atoms with Crippen LogP contribution in [-0.4, -0.2) is 66.3 Å². The van der Waals surface area contributed by atoms with Gasteiger partial charge in [-0.15, -0.1) is 0 Å². The number of piperidine rings is 1. The summed E-state index contributed by atoms with van der Waals surface area (Å²) in [5, 5.41) is 0. The van der Waals surface area contributed by atoms with Crippen LogP contribution in [0.5, 0.6) is 0 Å². The van der Waals surface area contributed by atoms with Crippen molar-refractivity contribution in [1.82, 2.24) is 9.80 Å². The molecule has 6 nitrogen and oxygen atoms in total. The number of rotatable bonds is 0. The Kier molecular flexibility index (Phi) is 3.91. The Morgan fingerprint density at radius 1 is 1.26 bits per heavy atom. The third-order valence-corrected chi connectivity index (χ3v) is 4.90. The highest BCUT2D eigenvalue weighted by Crippen LogP contribution is 2.43. The Hall–Kier alpha value is -1.56. The number of nitrogens with zero attached hydrogens (tertiary/aromatic N) is 2. The molecule has 3 aliphatic rings. The molecule has 2 amide bonds. The Morgan fingerprint density at radius 3 is 2.52 bits per heavy atom. The van der Waals surface area contributed by atoms with Crippen molar-refractivity contribution in [2.75, 3.05) is 33.3 Å². The second-order valence-corrected chi connectivity index (χ2v) is 7.76. The van der Waals surface area contributed by atoms with Crippen molar-refractivity contribution in [1.29, 1.82) is 0 Å². The largest absolute Gasteiger partial charge is 0.444 e. The van der Waals surface area contributed by atoms with Gasteiger partial charge >= 0.3 is 6.09 Å². The molecule has 0 unspecified atom stereocenters. The van der Waals surface area contributed by atoms with Crippen LogP contribution in [0.25, 0.3) is 0 Å². The van der Waals surface area contributed by atoms with E-state index >= 15 is 0 Å². The number of carbonyl (C=O) groups is 2. The summed E-state index contributed by atoms with van der Waals surface area (Å²) >= 11 is 0. The number of amides is 2. The summed E-state index contributed by atoms with van der Waals surface area (Å²) in [6.45, 7) is 8.11. The maximum Gasteiger partial charge on any atom is 0.410 e. The van der Waals surface area contributed by atoms with Crippen LogP contribution < -0.4 is 0 Å². The van der Waals surface area contributed by atoms with E-state index < -0.39 is 5.60 Å². The molecule has 0 bridgehead atoms. The minimum Gasteiger partial charge on any atom is -0.444 e. The number of hydrogen-bond acceptors (Lipinski definition) is 4. The van der Waals surface area contributed by atoms with Crippen LogP contribution in [-0.2, 0) is 14.3 Å². The zero-order chi connectivity index (χ0) is 16.8. The Bertz CT molecular complexity index is 553. The average molecular weight is 322 g/mol. The van der Waals surface area contributed by atoms with Crippen molar-refractivity contribution < 1.29 is 19.1 Å². The van der Waals surface area contributed by atoms with Gasteiger partial charge in [-0.05, 0) is 44.8 Å². The van der Waals surface area contributed by atoms with E-state index in [1.54, 1.807) is 9.80 Å². The Labute approximate surface area is 137 Å². The predicted octanol–water partition coefficient (Wildman–Crippen LogP) is 1.95. The summed E-state index contributed by atoms with van der Waals surface area (Å²) in [6, 6.07) is 0. The van der Waals surface area contributed by atoms with Gasteiger partial charge in [0, 0.05) is 26.7 Å². The molecule has 1 spiro atoms. The van der Waals surface area contributed by atoms with Gasteiger partial charge in [0.25, 0.3) is 0 Å². The lowest BCUT2D eigenvalue weighted by molar-refractivity contribution is -0.129. The van der Waals surface area contributed by atoms with Gasteiger partial charge in [-0.25, -0.2) is 4.79 Å². The molecule has 0 radical (unpaired) electrons. The van der Waals surface area contributed by atoms with Crippen LogP contribution in [0.1, 0.15) is 40.0 Å². The smallest absolute Gasteiger partial charge is 0.410 e. The van der Waals surface area contributed by atoms with E-state index in [9.17, 15) is 9.59 Å². The van der Waals surface area contributed by atoms with Gasteiger partial charge in [-0.3, -0.25) is 4.79 Å². The summed E-state index contributed by atoms with van der Waals surface area (Å²) in [7, 11) is 1.84. The van der Waals surface area contributed by atoms with Gasteiger partial charge in [-0.2, -0.15) is 0 Å². The van der Waals surface area contributed by atoms with Gasteiger partial charge in [0.05, 0.1) is 18.6 Å². The third-order valence-electron chi connectivity index (χ3n) is 4.90. The highest BCUT2D eigenvalue weighted by Gasteiger charge is 2.47. The van der Waals surface area contributed by atoms with Crippen molar-refractivity contribution >= 4 is 12.0 Å². The molecule has 3 heterocycles. The van der Waals surface area contributed by atoms with Crippen molar-refractivity contribution in [2.24, 2.45) is 0 Å². The summed E-state index contributed by atoms with van der Waals surface area (Å²) in [6.07, 6.45) is 1.67. The molecule has 0 aromatic rings. The quantitative estimate of drug-likeness (QED) is 0.640. The maximum atomic E-state index is 12.2. The van der Waals surface area contributed by atoms with E-state index in [0.29, 0.717) is 32.7 Å². The fraction of sp³-hybridized carbons (Fsp3) is 0.765. The van der Waals surface area contributed by atoms with E-state index in [1.165, 1.54) is 11.1 Å². The van der Waals surface area contributed by atoms with E-state index in [2.05, 4.69) is 0 Å². The van der Waals surface area contributed by atoms with Gasteiger partial charge in [0.1, 0.15) is 5.60 Å². The number of carbonyl (C=O) groups excluding carboxylic acids is 2. The lowest BCUT2D eigenvalue weighted by atomic mass is 9.80. The lowest BCUT2D eigenvalue weighted by Gasteiger charge is -2.41. The summed E-state index contributed by atoms with van der Waals surface area (Å²) in [5.41, 5.74) is 1.60. The lowest BCUT2D eigenvalue weighted by Crippen LogP contribution is -2.49. The fourth-order valence-corrected chi connectivity index (χ4v) is 3.63. The molecule has 23 heavy (non-hydrogen) atoms. The van der Waals surface area contributed by atoms with Crippen molar-refractivity contribution in [2.45, 2.75) is 51.2 Å². The SMILES string of the molecule is CN1CC2=C(CC1=O)C1(CCN(C(=O)OC(C)(C)C)CC1)OC2. The average Bonchev–Trinajstić information content (AvgIpc) is 2.77. The van der Waals surface area contributed by atoms with E-state index in [-0.39, 0.29) is 17.6 Å². The highest BCUT2D eigenvalue weighted by atomic mass is 16.6. The van der Waals surface area contributed by atoms with Crippen molar-refractivity contribution in [3.63, 3.8) is 0 Å². The molecule has 128 valence electrons. The van der Waals surface area contributed by atoms with Crippen molar-refractivity contribution in [3.05, 3.63) is 11.1 Å². The normalized spacial score (nSPS) is 24.3. The van der Waals surface area contributed by atoms with Gasteiger partial charge in [-0.1, -0.05) is 0 Å². The maximum absolute atomic E-state index is 12.2. The minimum absolute atomic E-state index is 0.156. The van der Waals surface area contributed by atoms with E-state index in [4.69, 9.17) is 9.47 Å². The molecular formula is C17H26N2O4. The number of likely N-dealkylation sites (N-methyl/N-ethyl adjacent to an activating group) is 1. The molecule has 0 aromatic heterocycles. The number of fused-ring (bicyclic) bond motifs is 1. The zero-order valence-corrected chi connectivity index (χ0v) is 14.5. The van der Waals surface area contributed by atoms with Crippen LogP contribution in [0.15, 0.2) is 11.1 Å². The molecular weight excluding hydrogens is 296 g/mol. The Balaban J connectivity index is 1.67. The number of hydrogen-bond donors (Lipinski definition) is 0. The first-order valence-corrected chi connectivity index (χ1v) is 8.27. The first-order chi connectivity index (χ1) is 10.7. The molecule has 1 saturated heterocycles. The fourth-order valence-electron chi connectivity index (χ4n) is 3.63. The standard InChI is InChI=1S/C17H26N2O4/c1-16(2,3)23-15(21)19-7-5-17(6-8-19)13-9-14(20)18(4)10-12(13)11-22-17/h5-11H2,1-4H3. The van der Waals surface area contributed by atoms with Crippen molar-refractivity contribution in [3.8, 4) is 0 Å². The van der Waals surface area contributed by atoms with E-state index in [1.807, 2.05) is 27.8 Å². The van der Waals surface area contributed by atoms with Crippen LogP contribution in [0.4, 0.5) is 4.79 Å². The summed E-state index contributed by atoms with van der Waals surface area (Å²) in [5.74, 6) is 0.156. The molecule has 6 heteroatoms. The van der Waals surface area contributed by atoms with Crippen LogP contribution >= 0.6 is 0 Å². The molecule has 0 N–H and O–H groups in total. The third kappa shape index (κ3) is 3.09. The van der Waals surface area contributed by atoms with Gasteiger partial charge in [0.15, 0.2) is 0 Å². The topological polar surface area (TPSA) is 59.1 Å². The van der Waals surface area contributed by atoms with Crippen LogP contribution in [0.2, 0.25) is 0 Å². The molecule has 0 saturated carbocycles. The van der Waals surface area contributed by atoms with E-state index in [0.717, 1.165) is 12.8 Å². The second-order valence-electron chi connectivity index (χ2n) is 7.76. The molecule has 1 fully saturated rings. The molecule has 0 atom stereocenters. The number of likely N-dealkylation sites (tertiary alicyclic amines) is 1. The molecule has 0 aliphatic carbocycles. The monoisotopic (exact) mass is 322 g/mol. The molecule has 3 rings (SSSR count). The molecule has 0 aromatic carbocycles. The highest BCUT2D eigenvalue weighted by molar-refractivity contribution is 5.81. The molecule has 3 aliphatic heterocycles. The van der Waals surface area contributed by atoms with Crippen LogP contribution in [0, 0.1) is 0 Å². The predicted molar refractivity (Wildman–Crippen MR) is 85.0 cm³/mol. The minimum atomic E-state index is -0.480.